The summed E-state index contributed by atoms with van der Waals surface area (Å²) in [6.45, 7) is 4.15. The maximum atomic E-state index is 5.92. The molecular formula is C9H10Cl2N2O. The highest BCUT2D eigenvalue weighted by atomic mass is 35.5. The molecule has 0 saturated carbocycles. The molecule has 0 aliphatic heterocycles. The second-order valence-corrected chi connectivity index (χ2v) is 3.42. The molecule has 76 valence electrons. The Kier molecular flexibility index (Phi) is 4.17. The fraction of sp³-hybridized carbons (Fsp3) is 0.333. The molecule has 0 aromatic carbocycles. The second kappa shape index (κ2) is 5.17. The van der Waals surface area contributed by atoms with Gasteiger partial charge in [0.15, 0.2) is 0 Å². The van der Waals surface area contributed by atoms with Crippen LogP contribution in [0.15, 0.2) is 17.4 Å². The Morgan fingerprint density at radius 3 is 2.86 bits per heavy atom. The monoisotopic (exact) mass is 232 g/mol. The van der Waals surface area contributed by atoms with Gasteiger partial charge in [-0.3, -0.25) is 4.98 Å². The molecule has 0 amide bonds. The second-order valence-electron chi connectivity index (χ2n) is 2.58. The minimum absolute atomic E-state index is 0.471. The lowest BCUT2D eigenvalue weighted by Gasteiger charge is -2.02. The quantitative estimate of drug-likeness (QED) is 0.593. The zero-order chi connectivity index (χ0) is 10.6. The van der Waals surface area contributed by atoms with Gasteiger partial charge >= 0.3 is 0 Å². The molecule has 0 fully saturated rings. The number of rotatable bonds is 3. The zero-order valence-electron chi connectivity index (χ0n) is 7.92. The molecule has 1 rings (SSSR count). The van der Waals surface area contributed by atoms with E-state index in [1.54, 1.807) is 13.0 Å². The number of aromatic nitrogens is 1. The van der Waals surface area contributed by atoms with E-state index in [0.717, 1.165) is 0 Å². The Morgan fingerprint density at radius 1 is 1.57 bits per heavy atom. The molecule has 0 N–H and O–H groups in total. The number of pyridine rings is 1. The Labute approximate surface area is 92.7 Å². The molecule has 14 heavy (non-hydrogen) atoms. The standard InChI is InChI=1S/C9H10Cl2N2O/c1-3-14-13-6(2)9-8(11)4-7(10)5-12-9/h4-5H,3H2,1-2H3. The minimum Gasteiger partial charge on any atom is -0.396 e. The molecule has 0 bridgehead atoms. The topological polar surface area (TPSA) is 34.5 Å². The van der Waals surface area contributed by atoms with Crippen LogP contribution in [-0.2, 0) is 4.84 Å². The van der Waals surface area contributed by atoms with Gasteiger partial charge in [-0.2, -0.15) is 0 Å². The summed E-state index contributed by atoms with van der Waals surface area (Å²) in [6, 6.07) is 1.62. The van der Waals surface area contributed by atoms with Crippen LogP contribution in [0, 0.1) is 0 Å². The summed E-state index contributed by atoms with van der Waals surface area (Å²) in [4.78, 5) is 8.95. The molecule has 0 radical (unpaired) electrons. The van der Waals surface area contributed by atoms with Crippen LogP contribution < -0.4 is 0 Å². The van der Waals surface area contributed by atoms with Crippen LogP contribution in [0.2, 0.25) is 10.0 Å². The van der Waals surface area contributed by atoms with Gasteiger partial charge in [0.1, 0.15) is 18.0 Å². The van der Waals surface area contributed by atoms with E-state index in [2.05, 4.69) is 10.1 Å². The van der Waals surface area contributed by atoms with Crippen molar-refractivity contribution < 1.29 is 4.84 Å². The van der Waals surface area contributed by atoms with Crippen LogP contribution in [0.25, 0.3) is 0 Å². The maximum absolute atomic E-state index is 5.92. The van der Waals surface area contributed by atoms with E-state index in [9.17, 15) is 0 Å². The Hall–Kier alpha value is -0.800. The van der Waals surface area contributed by atoms with Crippen LogP contribution in [0.4, 0.5) is 0 Å². The fourth-order valence-corrected chi connectivity index (χ4v) is 1.40. The van der Waals surface area contributed by atoms with Gasteiger partial charge in [-0.15, -0.1) is 0 Å². The fourth-order valence-electron chi connectivity index (χ4n) is 0.885. The first-order valence-corrected chi connectivity index (χ1v) is 4.88. The molecule has 0 aliphatic carbocycles. The third-order valence-electron chi connectivity index (χ3n) is 1.48. The van der Waals surface area contributed by atoms with Crippen molar-refractivity contribution in [2.45, 2.75) is 13.8 Å². The zero-order valence-corrected chi connectivity index (χ0v) is 9.43. The van der Waals surface area contributed by atoms with Gasteiger partial charge in [-0.25, -0.2) is 0 Å². The Balaban J connectivity index is 2.95. The number of hydrogen-bond donors (Lipinski definition) is 0. The van der Waals surface area contributed by atoms with E-state index in [4.69, 9.17) is 28.0 Å². The lowest BCUT2D eigenvalue weighted by Crippen LogP contribution is -2.00. The van der Waals surface area contributed by atoms with E-state index in [1.807, 2.05) is 6.92 Å². The van der Waals surface area contributed by atoms with Gasteiger partial charge in [0.05, 0.1) is 10.0 Å². The van der Waals surface area contributed by atoms with Crippen LogP contribution in [0.5, 0.6) is 0 Å². The van der Waals surface area contributed by atoms with Crippen LogP contribution in [-0.4, -0.2) is 17.3 Å². The van der Waals surface area contributed by atoms with Crippen molar-refractivity contribution in [2.24, 2.45) is 5.16 Å². The number of halogens is 2. The van der Waals surface area contributed by atoms with Gasteiger partial charge in [0.25, 0.3) is 0 Å². The van der Waals surface area contributed by atoms with Gasteiger partial charge in [-0.1, -0.05) is 28.4 Å². The molecular weight excluding hydrogens is 223 g/mol. The van der Waals surface area contributed by atoms with Crippen LogP contribution in [0.3, 0.4) is 0 Å². The molecule has 0 spiro atoms. The van der Waals surface area contributed by atoms with E-state index < -0.39 is 0 Å². The number of hydrogen-bond acceptors (Lipinski definition) is 3. The summed E-state index contributed by atoms with van der Waals surface area (Å²) >= 11 is 11.6. The maximum Gasteiger partial charge on any atom is 0.114 e. The molecule has 5 heteroatoms. The lowest BCUT2D eigenvalue weighted by molar-refractivity contribution is 0.159. The van der Waals surface area contributed by atoms with Crippen molar-refractivity contribution in [1.29, 1.82) is 0 Å². The van der Waals surface area contributed by atoms with Crippen molar-refractivity contribution in [3.63, 3.8) is 0 Å². The highest BCUT2D eigenvalue weighted by molar-refractivity contribution is 6.36. The highest BCUT2D eigenvalue weighted by Gasteiger charge is 2.06. The van der Waals surface area contributed by atoms with Crippen molar-refractivity contribution in [1.82, 2.24) is 4.98 Å². The van der Waals surface area contributed by atoms with E-state index >= 15 is 0 Å². The molecule has 0 unspecified atom stereocenters. The summed E-state index contributed by atoms with van der Waals surface area (Å²) in [5.74, 6) is 0. The van der Waals surface area contributed by atoms with Gasteiger partial charge in [0, 0.05) is 6.20 Å². The van der Waals surface area contributed by atoms with Crippen molar-refractivity contribution in [3.8, 4) is 0 Å². The average Bonchev–Trinajstić information content (AvgIpc) is 2.14. The summed E-state index contributed by atoms with van der Waals surface area (Å²) in [7, 11) is 0. The molecule has 1 aromatic heterocycles. The van der Waals surface area contributed by atoms with Crippen LogP contribution >= 0.6 is 23.2 Å². The first-order chi connectivity index (χ1) is 6.65. The predicted octanol–water partition coefficient (Wildman–Crippen LogP) is 3.15. The number of nitrogens with zero attached hydrogens (tertiary/aromatic N) is 2. The summed E-state index contributed by atoms with van der Waals surface area (Å²) in [6.07, 6.45) is 1.52. The molecule has 0 aliphatic rings. The van der Waals surface area contributed by atoms with Crippen molar-refractivity contribution >= 4 is 28.9 Å². The Morgan fingerprint density at radius 2 is 2.29 bits per heavy atom. The van der Waals surface area contributed by atoms with Gasteiger partial charge < -0.3 is 4.84 Å². The number of oxime groups is 1. The molecule has 3 nitrogen and oxygen atoms in total. The first kappa shape index (κ1) is 11.3. The Bertz CT molecular complexity index is 353. The SMILES string of the molecule is CCON=C(C)c1ncc(Cl)cc1Cl. The molecule has 1 heterocycles. The van der Waals surface area contributed by atoms with E-state index in [1.165, 1.54) is 6.20 Å². The van der Waals surface area contributed by atoms with E-state index in [-0.39, 0.29) is 0 Å². The van der Waals surface area contributed by atoms with Crippen LogP contribution in [0.1, 0.15) is 19.5 Å². The lowest BCUT2D eigenvalue weighted by atomic mass is 10.2. The van der Waals surface area contributed by atoms with Crippen molar-refractivity contribution in [3.05, 3.63) is 28.0 Å². The third kappa shape index (κ3) is 2.86. The smallest absolute Gasteiger partial charge is 0.114 e. The molecule has 1 aromatic rings. The van der Waals surface area contributed by atoms with Gasteiger partial charge in [-0.05, 0) is 19.9 Å². The predicted molar refractivity (Wildman–Crippen MR) is 58.1 cm³/mol. The summed E-state index contributed by atoms with van der Waals surface area (Å²) in [5.41, 5.74) is 1.22. The van der Waals surface area contributed by atoms with E-state index in [0.29, 0.717) is 28.1 Å². The highest BCUT2D eigenvalue weighted by Crippen LogP contribution is 2.18. The molecule has 0 saturated heterocycles. The summed E-state index contributed by atoms with van der Waals surface area (Å²) < 4.78 is 0. The molecule has 0 atom stereocenters. The third-order valence-corrected chi connectivity index (χ3v) is 1.98. The first-order valence-electron chi connectivity index (χ1n) is 4.13. The summed E-state index contributed by atoms with van der Waals surface area (Å²) in [5, 5.41) is 4.80. The van der Waals surface area contributed by atoms with Gasteiger partial charge in [0.2, 0.25) is 0 Å². The largest absolute Gasteiger partial charge is 0.396 e. The average molecular weight is 233 g/mol. The van der Waals surface area contributed by atoms with Crippen molar-refractivity contribution in [2.75, 3.05) is 6.61 Å². The normalized spacial score (nSPS) is 11.6. The minimum atomic E-state index is 0.471.